The highest BCUT2D eigenvalue weighted by molar-refractivity contribution is 6.62. The van der Waals surface area contributed by atoms with E-state index in [0.29, 0.717) is 18.5 Å². The summed E-state index contributed by atoms with van der Waals surface area (Å²) in [5.74, 6) is -2.24. The molecule has 2 rings (SSSR count). The molecule has 0 aromatic heterocycles. The quantitative estimate of drug-likeness (QED) is 0.844. The van der Waals surface area contributed by atoms with Crippen LogP contribution in [0, 0.1) is 5.82 Å². The standard InChI is InChI=1S/C16H22BFO5/c1-6-7-21-12-9-10(8-11(18)13(12)14(19)20)17-22-15(2,3)16(4,5)23-17/h8-9H,6-7H2,1-5H3,(H,19,20). The van der Waals surface area contributed by atoms with Crippen molar-refractivity contribution >= 4 is 18.6 Å². The van der Waals surface area contributed by atoms with Crippen LogP contribution in [0.25, 0.3) is 0 Å². The Bertz CT molecular complexity index is 599. The molecule has 1 aliphatic heterocycles. The number of halogens is 1. The lowest BCUT2D eigenvalue weighted by atomic mass is 9.78. The Balaban J connectivity index is 2.41. The highest BCUT2D eigenvalue weighted by Gasteiger charge is 2.52. The number of carboxylic acids is 1. The van der Waals surface area contributed by atoms with Gasteiger partial charge in [-0.25, -0.2) is 9.18 Å². The summed E-state index contributed by atoms with van der Waals surface area (Å²) >= 11 is 0. The molecule has 1 aromatic rings. The summed E-state index contributed by atoms with van der Waals surface area (Å²) in [4.78, 5) is 11.3. The third kappa shape index (κ3) is 3.35. The van der Waals surface area contributed by atoms with E-state index in [2.05, 4.69) is 0 Å². The molecule has 1 aromatic carbocycles. The lowest BCUT2D eigenvalue weighted by Crippen LogP contribution is -2.41. The smallest absolute Gasteiger partial charge is 0.493 e. The Labute approximate surface area is 135 Å². The van der Waals surface area contributed by atoms with Crippen molar-refractivity contribution in [2.75, 3.05) is 6.61 Å². The second-order valence-corrected chi connectivity index (χ2v) is 6.62. The van der Waals surface area contributed by atoms with Gasteiger partial charge >= 0.3 is 13.1 Å². The molecule has 0 radical (unpaired) electrons. The van der Waals surface area contributed by atoms with E-state index in [-0.39, 0.29) is 5.75 Å². The van der Waals surface area contributed by atoms with Crippen molar-refractivity contribution < 1.29 is 28.3 Å². The zero-order chi connectivity index (χ0) is 17.4. The van der Waals surface area contributed by atoms with E-state index in [1.54, 1.807) is 0 Å². The molecule has 0 spiro atoms. The monoisotopic (exact) mass is 324 g/mol. The molecule has 0 saturated carbocycles. The Hall–Kier alpha value is -1.60. The van der Waals surface area contributed by atoms with Crippen molar-refractivity contribution in [1.29, 1.82) is 0 Å². The zero-order valence-electron chi connectivity index (χ0n) is 14.1. The number of carbonyl (C=O) groups is 1. The fourth-order valence-corrected chi connectivity index (χ4v) is 2.25. The summed E-state index contributed by atoms with van der Waals surface area (Å²) in [5, 5.41) is 9.19. The van der Waals surface area contributed by atoms with Gasteiger partial charge in [0.2, 0.25) is 0 Å². The first kappa shape index (κ1) is 17.8. The molecule has 7 heteroatoms. The van der Waals surface area contributed by atoms with Gasteiger partial charge in [-0.05, 0) is 51.7 Å². The topological polar surface area (TPSA) is 65.0 Å². The lowest BCUT2D eigenvalue weighted by Gasteiger charge is -2.32. The molecule has 23 heavy (non-hydrogen) atoms. The van der Waals surface area contributed by atoms with Gasteiger partial charge in [-0.15, -0.1) is 0 Å². The van der Waals surface area contributed by atoms with Crippen molar-refractivity contribution in [3.8, 4) is 5.75 Å². The maximum Gasteiger partial charge on any atom is 0.495 e. The molecule has 1 fully saturated rings. The van der Waals surface area contributed by atoms with E-state index >= 15 is 0 Å². The second-order valence-electron chi connectivity index (χ2n) is 6.62. The molecule has 0 aliphatic carbocycles. The lowest BCUT2D eigenvalue weighted by molar-refractivity contribution is 0.00578. The van der Waals surface area contributed by atoms with E-state index in [4.69, 9.17) is 14.0 Å². The summed E-state index contributed by atoms with van der Waals surface area (Å²) < 4.78 is 31.4. The molecule has 0 unspecified atom stereocenters. The predicted octanol–water partition coefficient (Wildman–Crippen LogP) is 2.61. The number of ether oxygens (including phenoxy) is 1. The molecule has 5 nitrogen and oxygen atoms in total. The first-order chi connectivity index (χ1) is 10.6. The summed E-state index contributed by atoms with van der Waals surface area (Å²) in [6.45, 7) is 9.75. The minimum Gasteiger partial charge on any atom is -0.493 e. The highest BCUT2D eigenvalue weighted by Crippen LogP contribution is 2.37. The zero-order valence-corrected chi connectivity index (χ0v) is 14.1. The van der Waals surface area contributed by atoms with Crippen LogP contribution in [0.2, 0.25) is 0 Å². The van der Waals surface area contributed by atoms with Crippen LogP contribution in [0.4, 0.5) is 4.39 Å². The van der Waals surface area contributed by atoms with Crippen LogP contribution in [0.15, 0.2) is 12.1 Å². The van der Waals surface area contributed by atoms with Crippen molar-refractivity contribution in [3.05, 3.63) is 23.5 Å². The third-order valence-corrected chi connectivity index (χ3v) is 4.28. The number of benzene rings is 1. The summed E-state index contributed by atoms with van der Waals surface area (Å²) in [6.07, 6.45) is 0.682. The Morgan fingerprint density at radius 1 is 1.26 bits per heavy atom. The van der Waals surface area contributed by atoms with E-state index < -0.39 is 35.7 Å². The molecule has 1 saturated heterocycles. The molecule has 0 atom stereocenters. The molecule has 126 valence electrons. The van der Waals surface area contributed by atoms with Gasteiger partial charge in [0.25, 0.3) is 0 Å². The summed E-state index contributed by atoms with van der Waals surface area (Å²) in [7, 11) is -0.777. The van der Waals surface area contributed by atoms with Crippen LogP contribution in [0.3, 0.4) is 0 Å². The van der Waals surface area contributed by atoms with Gasteiger partial charge in [0.05, 0.1) is 17.8 Å². The normalized spacial score (nSPS) is 19.0. The molecule has 0 bridgehead atoms. The van der Waals surface area contributed by atoms with Crippen LogP contribution < -0.4 is 10.2 Å². The number of hydrogen-bond donors (Lipinski definition) is 1. The fourth-order valence-electron chi connectivity index (χ4n) is 2.25. The first-order valence-electron chi connectivity index (χ1n) is 7.64. The number of carboxylic acid groups (broad SMARTS) is 1. The molecular weight excluding hydrogens is 302 g/mol. The summed E-state index contributed by atoms with van der Waals surface area (Å²) in [5.41, 5.74) is -1.20. The summed E-state index contributed by atoms with van der Waals surface area (Å²) in [6, 6.07) is 2.61. The Morgan fingerprint density at radius 3 is 2.30 bits per heavy atom. The van der Waals surface area contributed by atoms with Gasteiger partial charge in [0, 0.05) is 0 Å². The number of hydrogen-bond acceptors (Lipinski definition) is 4. The van der Waals surface area contributed by atoms with Gasteiger partial charge in [-0.2, -0.15) is 0 Å². The molecule has 1 aliphatic rings. The van der Waals surface area contributed by atoms with Crippen molar-refractivity contribution in [3.63, 3.8) is 0 Å². The Morgan fingerprint density at radius 2 is 1.83 bits per heavy atom. The molecule has 0 amide bonds. The fraction of sp³-hybridized carbons (Fsp3) is 0.562. The van der Waals surface area contributed by atoms with E-state index in [1.807, 2.05) is 34.6 Å². The SMILES string of the molecule is CCCOc1cc(B2OC(C)(C)C(C)(C)O2)cc(F)c1C(=O)O. The van der Waals surface area contributed by atoms with Gasteiger partial charge in [-0.1, -0.05) is 6.92 Å². The minimum absolute atomic E-state index is 0.0101. The maximum atomic E-state index is 14.3. The average Bonchev–Trinajstić information content (AvgIpc) is 2.64. The van der Waals surface area contributed by atoms with Crippen molar-refractivity contribution in [2.24, 2.45) is 0 Å². The Kier molecular flexibility index (Phi) is 4.73. The number of aromatic carboxylic acids is 1. The largest absolute Gasteiger partial charge is 0.495 e. The minimum atomic E-state index is -1.37. The second kappa shape index (κ2) is 6.13. The molecular formula is C16H22BFO5. The van der Waals surface area contributed by atoms with Crippen LogP contribution in [-0.4, -0.2) is 36.0 Å². The maximum absolute atomic E-state index is 14.3. The van der Waals surface area contributed by atoms with E-state index in [0.717, 1.165) is 6.07 Å². The van der Waals surface area contributed by atoms with Gasteiger partial charge in [0.15, 0.2) is 0 Å². The van der Waals surface area contributed by atoms with E-state index in [9.17, 15) is 14.3 Å². The molecule has 1 heterocycles. The first-order valence-corrected chi connectivity index (χ1v) is 7.64. The van der Waals surface area contributed by atoms with Crippen molar-refractivity contribution in [1.82, 2.24) is 0 Å². The van der Waals surface area contributed by atoms with Gasteiger partial charge < -0.3 is 19.2 Å². The van der Waals surface area contributed by atoms with Gasteiger partial charge in [-0.3, -0.25) is 0 Å². The predicted molar refractivity (Wildman–Crippen MR) is 84.9 cm³/mol. The third-order valence-electron chi connectivity index (χ3n) is 4.28. The van der Waals surface area contributed by atoms with Crippen LogP contribution in [0.1, 0.15) is 51.4 Å². The van der Waals surface area contributed by atoms with Crippen LogP contribution in [0.5, 0.6) is 5.75 Å². The van der Waals surface area contributed by atoms with E-state index in [1.165, 1.54) is 6.07 Å². The average molecular weight is 324 g/mol. The highest BCUT2D eigenvalue weighted by atomic mass is 19.1. The van der Waals surface area contributed by atoms with Crippen molar-refractivity contribution in [2.45, 2.75) is 52.2 Å². The molecule has 1 N–H and O–H groups in total. The number of rotatable bonds is 5. The van der Waals surface area contributed by atoms with Gasteiger partial charge in [0.1, 0.15) is 17.1 Å². The van der Waals surface area contributed by atoms with Crippen LogP contribution in [-0.2, 0) is 9.31 Å². The van der Waals surface area contributed by atoms with Crippen LogP contribution >= 0.6 is 0 Å².